The highest BCUT2D eigenvalue weighted by atomic mass is 19.1. The standard InChI is InChI=1S/C15H23FN2/c1-4-17-11(2)15-13(16)6-5-7-14(15)18(3)10-12-8-9-12/h5-7,11-12,17H,4,8-10H2,1-3H3. The molecule has 1 saturated carbocycles. The van der Waals surface area contributed by atoms with Crippen molar-refractivity contribution in [2.75, 3.05) is 25.0 Å². The highest BCUT2D eigenvalue weighted by Gasteiger charge is 2.25. The second kappa shape index (κ2) is 5.70. The van der Waals surface area contributed by atoms with Gasteiger partial charge in [-0.1, -0.05) is 13.0 Å². The van der Waals surface area contributed by atoms with Crippen LogP contribution in [-0.4, -0.2) is 20.1 Å². The zero-order valence-corrected chi connectivity index (χ0v) is 11.5. The maximum atomic E-state index is 14.1. The van der Waals surface area contributed by atoms with Gasteiger partial charge in [-0.3, -0.25) is 0 Å². The van der Waals surface area contributed by atoms with E-state index in [0.717, 1.165) is 30.3 Å². The van der Waals surface area contributed by atoms with Gasteiger partial charge in [0.25, 0.3) is 0 Å². The van der Waals surface area contributed by atoms with E-state index >= 15 is 0 Å². The van der Waals surface area contributed by atoms with Crippen molar-refractivity contribution in [1.82, 2.24) is 5.32 Å². The van der Waals surface area contributed by atoms with Crippen molar-refractivity contribution in [3.63, 3.8) is 0 Å². The minimum atomic E-state index is -0.108. The molecule has 100 valence electrons. The first-order chi connectivity index (χ1) is 8.63. The Hall–Kier alpha value is -1.09. The Bertz CT molecular complexity index is 401. The summed E-state index contributed by atoms with van der Waals surface area (Å²) in [6, 6.07) is 5.43. The molecule has 2 rings (SSSR count). The Morgan fingerprint density at radius 2 is 2.17 bits per heavy atom. The third kappa shape index (κ3) is 3.02. The van der Waals surface area contributed by atoms with Crippen LogP contribution in [0, 0.1) is 11.7 Å². The van der Waals surface area contributed by atoms with Crippen LogP contribution in [-0.2, 0) is 0 Å². The van der Waals surface area contributed by atoms with Gasteiger partial charge < -0.3 is 10.2 Å². The SMILES string of the molecule is CCNC(C)c1c(F)cccc1N(C)CC1CC1. The largest absolute Gasteiger partial charge is 0.374 e. The maximum Gasteiger partial charge on any atom is 0.130 e. The summed E-state index contributed by atoms with van der Waals surface area (Å²) in [6.45, 7) is 5.96. The number of halogens is 1. The zero-order valence-electron chi connectivity index (χ0n) is 11.5. The summed E-state index contributed by atoms with van der Waals surface area (Å²) in [5, 5.41) is 3.30. The first kappa shape index (κ1) is 13.3. The molecule has 1 aromatic carbocycles. The van der Waals surface area contributed by atoms with Gasteiger partial charge in [-0.2, -0.15) is 0 Å². The topological polar surface area (TPSA) is 15.3 Å². The van der Waals surface area contributed by atoms with Crippen LogP contribution in [0.5, 0.6) is 0 Å². The van der Waals surface area contributed by atoms with Crippen LogP contribution in [0.15, 0.2) is 18.2 Å². The predicted octanol–water partition coefficient (Wildman–Crippen LogP) is 3.34. The van der Waals surface area contributed by atoms with Gasteiger partial charge >= 0.3 is 0 Å². The van der Waals surface area contributed by atoms with Crippen LogP contribution < -0.4 is 10.2 Å². The quantitative estimate of drug-likeness (QED) is 0.833. The van der Waals surface area contributed by atoms with E-state index in [4.69, 9.17) is 0 Å². The molecule has 3 heteroatoms. The normalized spacial score (nSPS) is 16.7. The Morgan fingerprint density at radius 3 is 2.78 bits per heavy atom. The highest BCUT2D eigenvalue weighted by Crippen LogP contribution is 2.34. The molecular weight excluding hydrogens is 227 g/mol. The van der Waals surface area contributed by atoms with Crippen LogP contribution >= 0.6 is 0 Å². The van der Waals surface area contributed by atoms with E-state index in [2.05, 4.69) is 17.3 Å². The summed E-state index contributed by atoms with van der Waals surface area (Å²) in [7, 11) is 2.06. The average molecular weight is 250 g/mol. The van der Waals surface area contributed by atoms with Gasteiger partial charge in [0.1, 0.15) is 5.82 Å². The Kier molecular flexibility index (Phi) is 4.23. The lowest BCUT2D eigenvalue weighted by Gasteiger charge is -2.26. The van der Waals surface area contributed by atoms with Crippen LogP contribution in [0.2, 0.25) is 0 Å². The van der Waals surface area contributed by atoms with E-state index in [-0.39, 0.29) is 11.9 Å². The van der Waals surface area contributed by atoms with E-state index < -0.39 is 0 Å². The second-order valence-electron chi connectivity index (χ2n) is 5.28. The fourth-order valence-corrected chi connectivity index (χ4v) is 2.48. The van der Waals surface area contributed by atoms with Crippen LogP contribution in [0.4, 0.5) is 10.1 Å². The molecule has 1 fully saturated rings. The summed E-state index contributed by atoms with van der Waals surface area (Å²) < 4.78 is 14.1. The monoisotopic (exact) mass is 250 g/mol. The van der Waals surface area contributed by atoms with Gasteiger partial charge in [0.05, 0.1) is 0 Å². The number of anilines is 1. The van der Waals surface area contributed by atoms with Gasteiger partial charge in [-0.15, -0.1) is 0 Å². The highest BCUT2D eigenvalue weighted by molar-refractivity contribution is 5.55. The van der Waals surface area contributed by atoms with Crippen molar-refractivity contribution in [2.45, 2.75) is 32.7 Å². The fraction of sp³-hybridized carbons (Fsp3) is 0.600. The molecule has 0 radical (unpaired) electrons. The molecule has 2 nitrogen and oxygen atoms in total. The molecule has 1 aliphatic rings. The first-order valence-corrected chi connectivity index (χ1v) is 6.86. The molecule has 18 heavy (non-hydrogen) atoms. The third-order valence-corrected chi connectivity index (χ3v) is 3.61. The molecule has 0 spiro atoms. The smallest absolute Gasteiger partial charge is 0.130 e. The van der Waals surface area contributed by atoms with E-state index in [1.807, 2.05) is 19.9 Å². The van der Waals surface area contributed by atoms with Crippen molar-refractivity contribution < 1.29 is 4.39 Å². The molecule has 1 N–H and O–H groups in total. The molecule has 1 aromatic rings. The van der Waals surface area contributed by atoms with Crippen LogP contribution in [0.3, 0.4) is 0 Å². The summed E-state index contributed by atoms with van der Waals surface area (Å²) in [4.78, 5) is 2.20. The second-order valence-corrected chi connectivity index (χ2v) is 5.28. The maximum absolute atomic E-state index is 14.1. The molecule has 0 aliphatic heterocycles. The van der Waals surface area contributed by atoms with Crippen molar-refractivity contribution >= 4 is 5.69 Å². The molecule has 0 heterocycles. The molecule has 0 aromatic heterocycles. The number of nitrogens with one attached hydrogen (secondary N) is 1. The van der Waals surface area contributed by atoms with E-state index in [9.17, 15) is 4.39 Å². The molecule has 1 atom stereocenters. The lowest BCUT2D eigenvalue weighted by atomic mass is 10.0. The Labute approximate surface area is 109 Å². The van der Waals surface area contributed by atoms with Crippen molar-refractivity contribution in [1.29, 1.82) is 0 Å². The molecular formula is C15H23FN2. The van der Waals surface area contributed by atoms with Gasteiger partial charge in [0, 0.05) is 30.9 Å². The lowest BCUT2D eigenvalue weighted by Crippen LogP contribution is -2.26. The Balaban J connectivity index is 2.23. The fourth-order valence-electron chi connectivity index (χ4n) is 2.48. The molecule has 1 unspecified atom stereocenters. The molecule has 1 aliphatic carbocycles. The summed E-state index contributed by atoms with van der Waals surface area (Å²) in [5.74, 6) is 0.698. The van der Waals surface area contributed by atoms with Gasteiger partial charge in [-0.25, -0.2) is 4.39 Å². The van der Waals surface area contributed by atoms with Crippen LogP contribution in [0.1, 0.15) is 38.3 Å². The average Bonchev–Trinajstić information content (AvgIpc) is 3.12. The number of benzene rings is 1. The van der Waals surface area contributed by atoms with Crippen LogP contribution in [0.25, 0.3) is 0 Å². The number of hydrogen-bond donors (Lipinski definition) is 1. The van der Waals surface area contributed by atoms with Gasteiger partial charge in [0.2, 0.25) is 0 Å². The lowest BCUT2D eigenvalue weighted by molar-refractivity contribution is 0.539. The minimum absolute atomic E-state index is 0.0489. The summed E-state index contributed by atoms with van der Waals surface area (Å²) in [5.41, 5.74) is 1.82. The number of rotatable bonds is 6. The number of nitrogens with zero attached hydrogens (tertiary/aromatic N) is 1. The van der Waals surface area contributed by atoms with Crippen molar-refractivity contribution in [2.24, 2.45) is 5.92 Å². The molecule has 0 bridgehead atoms. The summed E-state index contributed by atoms with van der Waals surface area (Å²) in [6.07, 6.45) is 2.63. The van der Waals surface area contributed by atoms with E-state index in [1.165, 1.54) is 12.8 Å². The molecule has 0 saturated heterocycles. The zero-order chi connectivity index (χ0) is 13.1. The number of hydrogen-bond acceptors (Lipinski definition) is 2. The minimum Gasteiger partial charge on any atom is -0.374 e. The summed E-state index contributed by atoms with van der Waals surface area (Å²) >= 11 is 0. The molecule has 0 amide bonds. The predicted molar refractivity (Wildman–Crippen MR) is 74.5 cm³/mol. The van der Waals surface area contributed by atoms with E-state index in [1.54, 1.807) is 12.1 Å². The third-order valence-electron chi connectivity index (χ3n) is 3.61. The van der Waals surface area contributed by atoms with Gasteiger partial charge in [0.15, 0.2) is 0 Å². The van der Waals surface area contributed by atoms with Crippen molar-refractivity contribution in [3.8, 4) is 0 Å². The first-order valence-electron chi connectivity index (χ1n) is 6.86. The van der Waals surface area contributed by atoms with Crippen molar-refractivity contribution in [3.05, 3.63) is 29.6 Å². The van der Waals surface area contributed by atoms with Gasteiger partial charge in [-0.05, 0) is 44.4 Å². The Morgan fingerprint density at radius 1 is 1.44 bits per heavy atom. The van der Waals surface area contributed by atoms with E-state index in [0.29, 0.717) is 0 Å².